The van der Waals surface area contributed by atoms with Crippen LogP contribution >= 0.6 is 23.5 Å². The van der Waals surface area contributed by atoms with Gasteiger partial charge in [-0.1, -0.05) is 92.8 Å². The summed E-state index contributed by atoms with van der Waals surface area (Å²) in [5.41, 5.74) is 3.95. The van der Waals surface area contributed by atoms with Crippen molar-refractivity contribution in [3.63, 3.8) is 0 Å². The minimum Gasteiger partial charge on any atom is -0.489 e. The molecule has 0 aliphatic heterocycles. The van der Waals surface area contributed by atoms with Crippen molar-refractivity contribution in [2.24, 2.45) is 0 Å². The summed E-state index contributed by atoms with van der Waals surface area (Å²) in [7, 11) is 0. The molecule has 0 N–H and O–H groups in total. The first-order chi connectivity index (χ1) is 22.4. The molecule has 0 amide bonds. The smallest absolute Gasteiger partial charge is 0.195 e. The van der Waals surface area contributed by atoms with Crippen molar-refractivity contribution < 1.29 is 19.1 Å². The second kappa shape index (κ2) is 13.1. The van der Waals surface area contributed by atoms with Crippen LogP contribution in [0.3, 0.4) is 0 Å². The number of carbonyl (C=O) groups excluding carboxylic acids is 2. The number of carbonyl (C=O) groups is 2. The molecule has 0 saturated heterocycles. The summed E-state index contributed by atoms with van der Waals surface area (Å²) in [5, 5.41) is 0. The van der Waals surface area contributed by atoms with Crippen LogP contribution in [-0.4, -0.2) is 17.2 Å². The molecular weight excluding hydrogens is 621 g/mol. The Kier molecular flexibility index (Phi) is 9.10. The van der Waals surface area contributed by atoms with Crippen molar-refractivity contribution >= 4 is 35.1 Å². The monoisotopic (exact) mass is 658 g/mol. The van der Waals surface area contributed by atoms with Gasteiger partial charge in [0.15, 0.2) is 11.6 Å². The molecule has 5 aromatic carbocycles. The van der Waals surface area contributed by atoms with E-state index < -0.39 is 0 Å². The van der Waals surface area contributed by atoms with Crippen molar-refractivity contribution in [1.29, 1.82) is 0 Å². The fourth-order valence-corrected chi connectivity index (χ4v) is 7.36. The first kappa shape index (κ1) is 32.7. The molecule has 6 rings (SSSR count). The molecule has 1 aliphatic rings. The lowest BCUT2D eigenvalue weighted by Gasteiger charge is -2.22. The predicted octanol–water partition coefficient (Wildman–Crippen LogP) is 10.8. The van der Waals surface area contributed by atoms with Crippen LogP contribution in [0.4, 0.5) is 0 Å². The number of ketones is 2. The molecule has 5 aromatic rings. The van der Waals surface area contributed by atoms with Crippen LogP contribution in [0.1, 0.15) is 84.5 Å². The number of ether oxygens (including phenoxy) is 2. The van der Waals surface area contributed by atoms with E-state index in [2.05, 4.69) is 45.0 Å². The molecule has 1 aliphatic carbocycles. The molecular formula is C41H38O4S2. The number of benzene rings is 5. The van der Waals surface area contributed by atoms with E-state index in [0.29, 0.717) is 28.9 Å². The van der Waals surface area contributed by atoms with Gasteiger partial charge in [-0.15, -0.1) is 0 Å². The minimum absolute atomic E-state index is 0.0580. The van der Waals surface area contributed by atoms with Gasteiger partial charge in [0.25, 0.3) is 0 Å². The third kappa shape index (κ3) is 7.50. The van der Waals surface area contributed by atoms with Crippen molar-refractivity contribution in [2.75, 3.05) is 0 Å². The first-order valence-electron chi connectivity index (χ1n) is 15.7. The highest BCUT2D eigenvalue weighted by atomic mass is 32.2. The zero-order chi connectivity index (χ0) is 33.3. The summed E-state index contributed by atoms with van der Waals surface area (Å²) in [5.74, 6) is 1.34. The molecule has 47 heavy (non-hydrogen) atoms. The molecule has 0 aromatic heterocycles. The van der Waals surface area contributed by atoms with E-state index in [4.69, 9.17) is 9.47 Å². The highest BCUT2D eigenvalue weighted by Crippen LogP contribution is 2.41. The molecule has 0 spiro atoms. The number of rotatable bonds is 8. The normalized spacial score (nSPS) is 12.8. The van der Waals surface area contributed by atoms with Gasteiger partial charge < -0.3 is 9.47 Å². The maximum Gasteiger partial charge on any atom is 0.195 e. The molecule has 238 valence electrons. The largest absolute Gasteiger partial charge is 0.489 e. The Bertz CT molecular complexity index is 1930. The molecule has 0 radical (unpaired) electrons. The Morgan fingerprint density at radius 2 is 1.02 bits per heavy atom. The van der Waals surface area contributed by atoms with Gasteiger partial charge in [-0.3, -0.25) is 9.59 Å². The van der Waals surface area contributed by atoms with E-state index in [1.165, 1.54) is 29.1 Å². The van der Waals surface area contributed by atoms with Crippen LogP contribution in [0, 0.1) is 0 Å². The topological polar surface area (TPSA) is 52.6 Å². The van der Waals surface area contributed by atoms with Gasteiger partial charge in [-0.25, -0.2) is 0 Å². The average Bonchev–Trinajstić information content (AvgIpc) is 3.03. The molecule has 0 fully saturated rings. The Hall–Kier alpha value is -4.26. The van der Waals surface area contributed by atoms with Crippen LogP contribution < -0.4 is 9.47 Å². The fourth-order valence-electron chi connectivity index (χ4n) is 5.40. The lowest BCUT2D eigenvalue weighted by molar-refractivity contribution is 0.0974. The van der Waals surface area contributed by atoms with E-state index in [1.807, 2.05) is 93.6 Å². The second-order valence-corrected chi connectivity index (χ2v) is 15.8. The summed E-state index contributed by atoms with van der Waals surface area (Å²) >= 11 is 2.99. The Balaban J connectivity index is 1.17. The minimum atomic E-state index is -0.243. The van der Waals surface area contributed by atoms with Crippen LogP contribution in [0.5, 0.6) is 11.5 Å². The lowest BCUT2D eigenvalue weighted by atomic mass is 9.84. The summed E-state index contributed by atoms with van der Waals surface area (Å²) in [6.07, 6.45) is 0. The molecule has 0 atom stereocenters. The maximum atomic E-state index is 14.0. The lowest BCUT2D eigenvalue weighted by Crippen LogP contribution is -2.22. The third-order valence-corrected chi connectivity index (χ3v) is 9.88. The predicted molar refractivity (Wildman–Crippen MR) is 191 cm³/mol. The Morgan fingerprint density at radius 1 is 0.553 bits per heavy atom. The highest BCUT2D eigenvalue weighted by Gasteiger charge is 2.33. The van der Waals surface area contributed by atoms with E-state index in [-0.39, 0.29) is 22.6 Å². The summed E-state index contributed by atoms with van der Waals surface area (Å²) in [6, 6.07) is 35.2. The fraction of sp³-hybridized carbons (Fsp3) is 0.220. The van der Waals surface area contributed by atoms with Gasteiger partial charge in [-0.05, 0) is 98.0 Å². The van der Waals surface area contributed by atoms with Crippen molar-refractivity contribution in [2.45, 2.75) is 78.7 Å². The van der Waals surface area contributed by atoms with Crippen molar-refractivity contribution in [1.82, 2.24) is 0 Å². The molecule has 0 heterocycles. The van der Waals surface area contributed by atoms with Crippen LogP contribution in [0.2, 0.25) is 0 Å². The SMILES string of the molecule is CC(C)(C)Oc1ccc(COc2ccc(Sc3cccc4c3C(=O)c3cccc(Sc5ccc(C(C)(C)C)cc5)c3C4=O)cc2)cc1. The number of hydrogen-bond donors (Lipinski definition) is 0. The Morgan fingerprint density at radius 3 is 1.49 bits per heavy atom. The second-order valence-electron chi connectivity index (χ2n) is 13.6. The molecule has 0 unspecified atom stereocenters. The summed E-state index contributed by atoms with van der Waals surface area (Å²) in [4.78, 5) is 31.5. The molecule has 0 saturated carbocycles. The van der Waals surface area contributed by atoms with Gasteiger partial charge in [0, 0.05) is 41.8 Å². The van der Waals surface area contributed by atoms with Gasteiger partial charge in [-0.2, -0.15) is 0 Å². The van der Waals surface area contributed by atoms with Crippen molar-refractivity contribution in [3.8, 4) is 11.5 Å². The van der Waals surface area contributed by atoms with E-state index in [9.17, 15) is 9.59 Å². The van der Waals surface area contributed by atoms with Gasteiger partial charge in [0.1, 0.15) is 23.7 Å². The van der Waals surface area contributed by atoms with Crippen molar-refractivity contribution in [3.05, 3.63) is 143 Å². The maximum absolute atomic E-state index is 14.0. The van der Waals surface area contributed by atoms with E-state index in [0.717, 1.165) is 36.6 Å². The van der Waals surface area contributed by atoms with E-state index in [1.54, 1.807) is 12.1 Å². The standard InChI is InChI=1S/C41H38O4S2/c1-40(2,3)27-15-21-30(22-16-27)46-34-11-7-9-32-36(34)38(42)33-10-8-12-35(37(33)39(32)43)47-31-23-19-28(20-24-31)44-25-26-13-17-29(18-14-26)45-41(4,5)6/h7-24H,25H2,1-6H3. The highest BCUT2D eigenvalue weighted by molar-refractivity contribution is 7.99. The average molecular weight is 659 g/mol. The van der Waals surface area contributed by atoms with Gasteiger partial charge in [0.2, 0.25) is 0 Å². The van der Waals surface area contributed by atoms with Crippen LogP contribution in [-0.2, 0) is 12.0 Å². The number of hydrogen-bond acceptors (Lipinski definition) is 6. The summed E-state index contributed by atoms with van der Waals surface area (Å²) < 4.78 is 11.9. The quantitative estimate of drug-likeness (QED) is 0.162. The Labute approximate surface area is 285 Å². The number of fused-ring (bicyclic) bond motifs is 2. The third-order valence-electron chi connectivity index (χ3n) is 7.75. The molecule has 6 heteroatoms. The molecule has 0 bridgehead atoms. The summed E-state index contributed by atoms with van der Waals surface area (Å²) in [6.45, 7) is 13.1. The van der Waals surface area contributed by atoms with Gasteiger partial charge in [0.05, 0.1) is 0 Å². The van der Waals surface area contributed by atoms with E-state index >= 15 is 0 Å². The zero-order valence-corrected chi connectivity index (χ0v) is 29.2. The first-order valence-corrected chi connectivity index (χ1v) is 17.3. The van der Waals surface area contributed by atoms with Gasteiger partial charge >= 0.3 is 0 Å². The van der Waals surface area contributed by atoms with Crippen LogP contribution in [0.25, 0.3) is 0 Å². The zero-order valence-electron chi connectivity index (χ0n) is 27.5. The molecule has 4 nitrogen and oxygen atoms in total. The van der Waals surface area contributed by atoms with Crippen LogP contribution in [0.15, 0.2) is 129 Å².